The first-order chi connectivity index (χ1) is 15.9. The van der Waals surface area contributed by atoms with Gasteiger partial charge in [-0.3, -0.25) is 14.9 Å². The van der Waals surface area contributed by atoms with Gasteiger partial charge in [0.25, 0.3) is 11.6 Å². The summed E-state index contributed by atoms with van der Waals surface area (Å²) in [5, 5.41) is 20.1. The summed E-state index contributed by atoms with van der Waals surface area (Å²) in [6.07, 6.45) is -2.46. The minimum absolute atomic E-state index is 0.0830. The van der Waals surface area contributed by atoms with Crippen molar-refractivity contribution in [1.82, 2.24) is 15.1 Å². The maximum atomic E-state index is 12.7. The molecule has 0 aliphatic rings. The van der Waals surface area contributed by atoms with E-state index in [0.29, 0.717) is 5.69 Å². The number of sulfone groups is 1. The molecule has 0 spiro atoms. The first-order valence-electron chi connectivity index (χ1n) is 9.60. The monoisotopic (exact) mass is 497 g/mol. The molecule has 180 valence electrons. The van der Waals surface area contributed by atoms with E-state index in [9.17, 15) is 36.5 Å². The first-order valence-corrected chi connectivity index (χ1v) is 11.5. The van der Waals surface area contributed by atoms with Gasteiger partial charge in [-0.15, -0.1) is 0 Å². The third-order valence-corrected chi connectivity index (χ3v) is 5.70. The van der Waals surface area contributed by atoms with Crippen LogP contribution in [0, 0.1) is 10.1 Å². The van der Waals surface area contributed by atoms with Gasteiger partial charge >= 0.3 is 6.18 Å². The first kappa shape index (κ1) is 24.7. The van der Waals surface area contributed by atoms with Crippen molar-refractivity contribution in [2.24, 2.45) is 0 Å². The van der Waals surface area contributed by atoms with Gasteiger partial charge in [0.1, 0.15) is 5.69 Å². The number of halogens is 3. The van der Waals surface area contributed by atoms with Crippen LogP contribution in [0.3, 0.4) is 0 Å². The van der Waals surface area contributed by atoms with Crippen LogP contribution in [0.25, 0.3) is 5.69 Å². The van der Waals surface area contributed by atoms with E-state index in [1.165, 1.54) is 36.4 Å². The molecule has 0 radical (unpaired) electrons. The normalized spacial score (nSPS) is 11.8. The third-order valence-electron chi connectivity index (χ3n) is 4.59. The van der Waals surface area contributed by atoms with Gasteiger partial charge in [-0.25, -0.2) is 13.1 Å². The number of hydrogen-bond acceptors (Lipinski definition) is 7. The summed E-state index contributed by atoms with van der Waals surface area (Å²) in [4.78, 5) is 22.6. The van der Waals surface area contributed by atoms with Crippen LogP contribution in [-0.2, 0) is 16.0 Å². The fourth-order valence-corrected chi connectivity index (χ4v) is 3.54. The maximum Gasteiger partial charge on any atom is 0.435 e. The van der Waals surface area contributed by atoms with E-state index >= 15 is 0 Å². The average Bonchev–Trinajstić information content (AvgIpc) is 3.27. The molecule has 0 bridgehead atoms. The zero-order valence-electron chi connectivity index (χ0n) is 17.5. The summed E-state index contributed by atoms with van der Waals surface area (Å²) in [7, 11) is -3.61. The van der Waals surface area contributed by atoms with Crippen LogP contribution in [0.4, 0.5) is 24.5 Å². The van der Waals surface area contributed by atoms with E-state index in [1.54, 1.807) is 0 Å². The van der Waals surface area contributed by atoms with Crippen molar-refractivity contribution in [1.29, 1.82) is 0 Å². The van der Waals surface area contributed by atoms with Gasteiger partial charge in [-0.05, 0) is 42.5 Å². The molecule has 0 aliphatic heterocycles. The Bertz CT molecular complexity index is 1320. The average molecular weight is 497 g/mol. The lowest BCUT2D eigenvalue weighted by molar-refractivity contribution is -0.384. The smallest absolute Gasteiger partial charge is 0.378 e. The summed E-state index contributed by atoms with van der Waals surface area (Å²) >= 11 is 0. The molecule has 0 saturated carbocycles. The number of carbonyl (C=O) groups excluding carboxylic acids is 1. The van der Waals surface area contributed by atoms with Crippen molar-refractivity contribution in [3.8, 4) is 5.69 Å². The number of nitro benzene ring substituents is 1. The highest BCUT2D eigenvalue weighted by Gasteiger charge is 2.33. The van der Waals surface area contributed by atoms with Crippen molar-refractivity contribution in [3.05, 3.63) is 76.1 Å². The molecule has 1 heterocycles. The summed E-state index contributed by atoms with van der Waals surface area (Å²) in [6, 6.07) is 10.0. The van der Waals surface area contributed by atoms with Crippen LogP contribution < -0.4 is 10.6 Å². The van der Waals surface area contributed by atoms with E-state index in [0.717, 1.165) is 29.3 Å². The molecule has 0 saturated heterocycles. The Kier molecular flexibility index (Phi) is 6.91. The summed E-state index contributed by atoms with van der Waals surface area (Å²) in [6.45, 7) is 0.191. The number of anilines is 1. The van der Waals surface area contributed by atoms with E-state index < -0.39 is 38.2 Å². The Morgan fingerprint density at radius 1 is 1.12 bits per heavy atom. The van der Waals surface area contributed by atoms with Crippen LogP contribution in [0.1, 0.15) is 16.1 Å². The maximum absolute atomic E-state index is 12.7. The zero-order chi connectivity index (χ0) is 25.1. The number of rotatable bonds is 8. The number of alkyl halides is 3. The lowest BCUT2D eigenvalue weighted by Crippen LogP contribution is -2.28. The van der Waals surface area contributed by atoms with Crippen molar-refractivity contribution < 1.29 is 31.3 Å². The predicted molar refractivity (Wildman–Crippen MR) is 116 cm³/mol. The van der Waals surface area contributed by atoms with E-state index in [4.69, 9.17) is 0 Å². The van der Waals surface area contributed by atoms with Gasteiger partial charge < -0.3 is 10.6 Å². The molecule has 0 aliphatic carbocycles. The lowest BCUT2D eigenvalue weighted by Gasteiger charge is -2.10. The Morgan fingerprint density at radius 2 is 1.79 bits per heavy atom. The molecule has 0 fully saturated rings. The highest BCUT2D eigenvalue weighted by atomic mass is 32.2. The SMILES string of the molecule is CS(=O)(=O)c1ccc(NCCNC(=O)c2ccc(-n3ccc(C(F)(F)F)n3)cc2)c([N+](=O)[O-])c1. The van der Waals surface area contributed by atoms with E-state index in [1.807, 2.05) is 0 Å². The van der Waals surface area contributed by atoms with Crippen molar-refractivity contribution in [2.75, 3.05) is 24.7 Å². The fraction of sp³-hybridized carbons (Fsp3) is 0.200. The van der Waals surface area contributed by atoms with Crippen LogP contribution in [0.2, 0.25) is 0 Å². The van der Waals surface area contributed by atoms with Gasteiger partial charge in [0.15, 0.2) is 15.5 Å². The standard InChI is InChI=1S/C20H18F3N5O5S/c1-34(32,33)15-6-7-16(17(12-15)28(30)31)24-9-10-25-19(29)13-2-4-14(5-3-13)27-11-8-18(26-27)20(21,22)23/h2-8,11-12,24H,9-10H2,1H3,(H,25,29). The Balaban J connectivity index is 1.57. The number of hydrogen-bond donors (Lipinski definition) is 2. The summed E-state index contributed by atoms with van der Waals surface area (Å²) in [5.74, 6) is -0.466. The van der Waals surface area contributed by atoms with Crippen LogP contribution >= 0.6 is 0 Å². The van der Waals surface area contributed by atoms with Gasteiger partial charge in [0.05, 0.1) is 15.5 Å². The lowest BCUT2D eigenvalue weighted by atomic mass is 10.2. The number of nitrogens with one attached hydrogen (secondary N) is 2. The van der Waals surface area contributed by atoms with Crippen molar-refractivity contribution in [2.45, 2.75) is 11.1 Å². The Morgan fingerprint density at radius 3 is 2.35 bits per heavy atom. The number of benzene rings is 2. The quantitative estimate of drug-likeness (QED) is 0.277. The van der Waals surface area contributed by atoms with Crippen LogP contribution in [0.15, 0.2) is 59.6 Å². The Labute approximate surface area is 191 Å². The molecule has 0 unspecified atom stereocenters. The van der Waals surface area contributed by atoms with Gasteiger partial charge in [0, 0.05) is 37.2 Å². The molecule has 1 aromatic heterocycles. The molecule has 34 heavy (non-hydrogen) atoms. The highest BCUT2D eigenvalue weighted by Crippen LogP contribution is 2.28. The minimum atomic E-state index is -4.56. The molecule has 3 aromatic rings. The van der Waals surface area contributed by atoms with Crippen molar-refractivity contribution in [3.63, 3.8) is 0 Å². The molecular formula is C20H18F3N5O5S. The topological polar surface area (TPSA) is 136 Å². The second kappa shape index (κ2) is 9.51. The third kappa shape index (κ3) is 5.89. The van der Waals surface area contributed by atoms with E-state index in [2.05, 4.69) is 15.7 Å². The Hall–Kier alpha value is -3.94. The van der Waals surface area contributed by atoms with Gasteiger partial charge in [-0.1, -0.05) is 0 Å². The largest absolute Gasteiger partial charge is 0.435 e. The summed E-state index contributed by atoms with van der Waals surface area (Å²) in [5.41, 5.74) is -0.785. The predicted octanol–water partition coefficient (Wildman–Crippen LogP) is 3.04. The minimum Gasteiger partial charge on any atom is -0.378 e. The number of amides is 1. The summed E-state index contributed by atoms with van der Waals surface area (Å²) < 4.78 is 62.3. The molecule has 3 rings (SSSR count). The molecule has 0 atom stereocenters. The molecular weight excluding hydrogens is 479 g/mol. The fourth-order valence-electron chi connectivity index (χ4n) is 2.90. The molecule has 2 aromatic carbocycles. The molecule has 14 heteroatoms. The number of nitro groups is 1. The van der Waals surface area contributed by atoms with Crippen molar-refractivity contribution >= 4 is 27.1 Å². The molecule has 1 amide bonds. The van der Waals surface area contributed by atoms with Gasteiger partial charge in [-0.2, -0.15) is 18.3 Å². The number of aromatic nitrogens is 2. The van der Waals surface area contributed by atoms with Gasteiger partial charge in [0.2, 0.25) is 0 Å². The zero-order valence-corrected chi connectivity index (χ0v) is 18.4. The highest BCUT2D eigenvalue weighted by molar-refractivity contribution is 7.90. The molecule has 10 nitrogen and oxygen atoms in total. The molecule has 2 N–H and O–H groups in total. The number of carbonyl (C=O) groups is 1. The second-order valence-electron chi connectivity index (χ2n) is 7.08. The second-order valence-corrected chi connectivity index (χ2v) is 9.10. The van der Waals surface area contributed by atoms with E-state index in [-0.39, 0.29) is 29.2 Å². The van der Waals surface area contributed by atoms with Crippen LogP contribution in [-0.4, -0.2) is 48.4 Å². The van der Waals surface area contributed by atoms with Crippen LogP contribution in [0.5, 0.6) is 0 Å². The number of nitrogens with zero attached hydrogens (tertiary/aromatic N) is 3.